The number of alkyl halides is 3. The van der Waals surface area contributed by atoms with Crippen LogP contribution >= 0.6 is 0 Å². The Labute approximate surface area is 89.1 Å². The van der Waals surface area contributed by atoms with E-state index in [9.17, 15) is 13.2 Å². The van der Waals surface area contributed by atoms with Crippen LogP contribution in [0.1, 0.15) is 5.69 Å². The van der Waals surface area contributed by atoms with Gasteiger partial charge in [0.15, 0.2) is 0 Å². The Bertz CT molecular complexity index is 469. The first-order valence-corrected chi connectivity index (χ1v) is 4.56. The summed E-state index contributed by atoms with van der Waals surface area (Å²) in [6.07, 6.45) is -1.34. The summed E-state index contributed by atoms with van der Waals surface area (Å²) in [7, 11) is 0. The van der Waals surface area contributed by atoms with Gasteiger partial charge in [0.1, 0.15) is 12.2 Å². The zero-order chi connectivity index (χ0) is 11.8. The maximum absolute atomic E-state index is 12.3. The van der Waals surface area contributed by atoms with Crippen LogP contribution in [0.3, 0.4) is 0 Å². The highest BCUT2D eigenvalue weighted by molar-refractivity contribution is 5.53. The van der Waals surface area contributed by atoms with Gasteiger partial charge in [-0.3, -0.25) is 4.68 Å². The molecule has 0 saturated carbocycles. The van der Waals surface area contributed by atoms with Gasteiger partial charge in [-0.05, 0) is 13.0 Å². The number of nitrogens with zero attached hydrogens (tertiary/aromatic N) is 3. The van der Waals surface area contributed by atoms with Crippen LogP contribution in [0, 0.1) is 6.92 Å². The zero-order valence-corrected chi connectivity index (χ0v) is 8.41. The first-order valence-electron chi connectivity index (χ1n) is 4.56. The van der Waals surface area contributed by atoms with Crippen molar-refractivity contribution in [1.29, 1.82) is 0 Å². The van der Waals surface area contributed by atoms with Crippen molar-refractivity contribution in [3.63, 3.8) is 0 Å². The van der Waals surface area contributed by atoms with Crippen molar-refractivity contribution < 1.29 is 13.2 Å². The summed E-state index contributed by atoms with van der Waals surface area (Å²) in [6, 6.07) is 1.57. The van der Waals surface area contributed by atoms with Crippen molar-refractivity contribution in [2.75, 3.05) is 0 Å². The highest BCUT2D eigenvalue weighted by Gasteiger charge is 2.30. The average Bonchev–Trinajstić information content (AvgIpc) is 2.71. The van der Waals surface area contributed by atoms with E-state index in [0.29, 0.717) is 17.1 Å². The molecule has 0 amide bonds. The second kappa shape index (κ2) is 3.66. The highest BCUT2D eigenvalue weighted by atomic mass is 19.4. The van der Waals surface area contributed by atoms with Gasteiger partial charge in [0, 0.05) is 6.20 Å². The molecule has 2 heterocycles. The molecule has 0 bridgehead atoms. The number of aryl methyl sites for hydroxylation is 1. The number of aromatic amines is 1. The fourth-order valence-corrected chi connectivity index (χ4v) is 1.44. The summed E-state index contributed by atoms with van der Waals surface area (Å²) in [5.41, 5.74) is 1.34. The molecule has 86 valence electrons. The fourth-order valence-electron chi connectivity index (χ4n) is 1.44. The Hall–Kier alpha value is -1.79. The van der Waals surface area contributed by atoms with Crippen molar-refractivity contribution in [1.82, 2.24) is 19.7 Å². The molecule has 0 aliphatic heterocycles. The Morgan fingerprint density at radius 1 is 1.44 bits per heavy atom. The molecular weight excluding hydrogens is 221 g/mol. The van der Waals surface area contributed by atoms with Crippen LogP contribution in [0.25, 0.3) is 11.4 Å². The molecule has 2 aromatic heterocycles. The number of halogens is 3. The standard InChI is InChI=1S/C9H9F3N4/c1-6-2-8(7-3-13-5-14-7)16(15-6)4-9(10,11)12/h2-3,5H,4H2,1H3,(H,13,14). The van der Waals surface area contributed by atoms with E-state index in [1.165, 1.54) is 12.5 Å². The van der Waals surface area contributed by atoms with Gasteiger partial charge in [-0.1, -0.05) is 0 Å². The zero-order valence-electron chi connectivity index (χ0n) is 8.41. The molecular formula is C9H9F3N4. The minimum atomic E-state index is -4.29. The second-order valence-electron chi connectivity index (χ2n) is 3.40. The Kier molecular flexibility index (Phi) is 2.45. The number of imidazole rings is 1. The van der Waals surface area contributed by atoms with Crippen molar-refractivity contribution in [3.05, 3.63) is 24.3 Å². The molecule has 1 N–H and O–H groups in total. The summed E-state index contributed by atoms with van der Waals surface area (Å²) in [5.74, 6) is 0. The molecule has 2 rings (SSSR count). The Morgan fingerprint density at radius 3 is 2.75 bits per heavy atom. The maximum Gasteiger partial charge on any atom is 0.408 e. The van der Waals surface area contributed by atoms with Crippen molar-refractivity contribution >= 4 is 0 Å². The molecule has 0 radical (unpaired) electrons. The van der Waals surface area contributed by atoms with Gasteiger partial charge in [0.2, 0.25) is 0 Å². The van der Waals surface area contributed by atoms with Crippen LogP contribution in [0.15, 0.2) is 18.6 Å². The monoisotopic (exact) mass is 230 g/mol. The number of rotatable bonds is 2. The Balaban J connectivity index is 2.39. The molecule has 0 unspecified atom stereocenters. The third kappa shape index (κ3) is 2.23. The third-order valence-corrected chi connectivity index (χ3v) is 1.99. The quantitative estimate of drug-likeness (QED) is 0.859. The van der Waals surface area contributed by atoms with Gasteiger partial charge in [0.05, 0.1) is 17.7 Å². The highest BCUT2D eigenvalue weighted by Crippen LogP contribution is 2.23. The molecule has 0 fully saturated rings. The molecule has 0 aliphatic rings. The van der Waals surface area contributed by atoms with E-state index in [0.717, 1.165) is 4.68 Å². The number of hydrogen-bond donors (Lipinski definition) is 1. The molecule has 0 aliphatic carbocycles. The number of hydrogen-bond acceptors (Lipinski definition) is 2. The lowest BCUT2D eigenvalue weighted by Gasteiger charge is -2.08. The number of nitrogens with one attached hydrogen (secondary N) is 1. The van der Waals surface area contributed by atoms with Crippen molar-refractivity contribution in [2.45, 2.75) is 19.6 Å². The third-order valence-electron chi connectivity index (χ3n) is 1.99. The van der Waals surface area contributed by atoms with E-state index in [-0.39, 0.29) is 0 Å². The maximum atomic E-state index is 12.3. The molecule has 7 heteroatoms. The largest absolute Gasteiger partial charge is 0.408 e. The normalized spacial score (nSPS) is 12.0. The van der Waals surface area contributed by atoms with Crippen LogP contribution in [0.4, 0.5) is 13.2 Å². The molecule has 2 aromatic rings. The molecule has 16 heavy (non-hydrogen) atoms. The van der Waals surface area contributed by atoms with E-state index >= 15 is 0 Å². The first-order chi connectivity index (χ1) is 7.46. The molecule has 0 saturated heterocycles. The van der Waals surface area contributed by atoms with Gasteiger partial charge in [0.25, 0.3) is 0 Å². The van der Waals surface area contributed by atoms with Gasteiger partial charge in [-0.25, -0.2) is 4.98 Å². The number of H-pyrrole nitrogens is 1. The van der Waals surface area contributed by atoms with Crippen molar-refractivity contribution in [2.24, 2.45) is 0 Å². The van der Waals surface area contributed by atoms with Crippen LogP contribution < -0.4 is 0 Å². The average molecular weight is 230 g/mol. The first kappa shape index (κ1) is 10.7. The van der Waals surface area contributed by atoms with E-state index in [1.54, 1.807) is 13.0 Å². The van der Waals surface area contributed by atoms with Gasteiger partial charge < -0.3 is 4.98 Å². The topological polar surface area (TPSA) is 46.5 Å². The lowest BCUT2D eigenvalue weighted by Crippen LogP contribution is -2.19. The van der Waals surface area contributed by atoms with Crippen LogP contribution in [0.2, 0.25) is 0 Å². The van der Waals surface area contributed by atoms with Crippen LogP contribution in [-0.4, -0.2) is 25.9 Å². The summed E-state index contributed by atoms with van der Waals surface area (Å²) >= 11 is 0. The molecule has 0 spiro atoms. The van der Waals surface area contributed by atoms with Gasteiger partial charge in [-0.15, -0.1) is 0 Å². The second-order valence-corrected chi connectivity index (χ2v) is 3.40. The summed E-state index contributed by atoms with van der Waals surface area (Å²) in [5, 5.41) is 3.79. The van der Waals surface area contributed by atoms with E-state index in [4.69, 9.17) is 0 Å². The SMILES string of the molecule is Cc1cc(-c2c[nH]cn2)n(CC(F)(F)F)n1. The predicted octanol–water partition coefficient (Wildman–Crippen LogP) is 2.14. The molecule has 0 atom stereocenters. The van der Waals surface area contributed by atoms with Crippen LogP contribution in [-0.2, 0) is 6.54 Å². The summed E-state index contributed by atoms with van der Waals surface area (Å²) in [6.45, 7) is 0.534. The van der Waals surface area contributed by atoms with Gasteiger partial charge in [-0.2, -0.15) is 18.3 Å². The van der Waals surface area contributed by atoms with Crippen molar-refractivity contribution in [3.8, 4) is 11.4 Å². The minimum Gasteiger partial charge on any atom is -0.351 e. The predicted molar refractivity (Wildman–Crippen MR) is 50.6 cm³/mol. The fraction of sp³-hybridized carbons (Fsp3) is 0.333. The van der Waals surface area contributed by atoms with E-state index < -0.39 is 12.7 Å². The smallest absolute Gasteiger partial charge is 0.351 e. The van der Waals surface area contributed by atoms with Gasteiger partial charge >= 0.3 is 6.18 Å². The molecule has 4 nitrogen and oxygen atoms in total. The summed E-state index contributed by atoms with van der Waals surface area (Å²) < 4.78 is 37.8. The lowest BCUT2D eigenvalue weighted by atomic mass is 10.3. The minimum absolute atomic E-state index is 0.357. The van der Waals surface area contributed by atoms with E-state index in [2.05, 4.69) is 15.1 Å². The lowest BCUT2D eigenvalue weighted by molar-refractivity contribution is -0.142. The van der Waals surface area contributed by atoms with E-state index in [1.807, 2.05) is 0 Å². The Morgan fingerprint density at radius 2 is 2.19 bits per heavy atom. The summed E-state index contributed by atoms with van der Waals surface area (Å²) in [4.78, 5) is 6.60. The number of aromatic nitrogens is 4. The van der Waals surface area contributed by atoms with Crippen LogP contribution in [0.5, 0.6) is 0 Å². The molecule has 0 aromatic carbocycles.